The van der Waals surface area contributed by atoms with Gasteiger partial charge in [0.1, 0.15) is 18.3 Å². The molecule has 0 radical (unpaired) electrons. The third-order valence-electron chi connectivity index (χ3n) is 6.28. The smallest absolute Gasteiger partial charge is 0.328 e. The molecule has 2 aliphatic rings. The zero-order valence-corrected chi connectivity index (χ0v) is 18.5. The van der Waals surface area contributed by atoms with Crippen molar-refractivity contribution < 1.29 is 29.2 Å². The van der Waals surface area contributed by atoms with Crippen LogP contribution < -0.4 is 15.4 Å². The fraction of sp³-hybridized carbons (Fsp3) is 0.609. The molecule has 0 bridgehead atoms. The van der Waals surface area contributed by atoms with Crippen molar-refractivity contribution in [2.45, 2.75) is 50.6 Å². The van der Waals surface area contributed by atoms with Gasteiger partial charge < -0.3 is 25.0 Å². The highest BCUT2D eigenvalue weighted by atomic mass is 16.5. The van der Waals surface area contributed by atoms with Gasteiger partial charge in [-0.05, 0) is 30.5 Å². The van der Waals surface area contributed by atoms with Crippen molar-refractivity contribution in [3.63, 3.8) is 0 Å². The van der Waals surface area contributed by atoms with Gasteiger partial charge in [0.05, 0.1) is 27.3 Å². The molecule has 1 aliphatic heterocycles. The first-order chi connectivity index (χ1) is 15.0. The lowest BCUT2D eigenvalue weighted by Crippen LogP contribution is -2.93. The van der Waals surface area contributed by atoms with Crippen molar-refractivity contribution in [3.8, 4) is 5.75 Å². The Labute approximate surface area is 183 Å². The standard InChI is InChI=1S/C23H33N3O5/c1-30-18-10-8-16(9-11-18)14-19(23(29)31-2)25-21(27)20-15-24-12-13-26(20)22(28)17-6-4-3-5-7-17/h8-11,17,19-20,24H,3-7,12-15H2,1-2H3,(H,25,27)/p+1/t19-,20-/m0/s1. The monoisotopic (exact) mass is 432 g/mol. The molecule has 1 aromatic rings. The number of amides is 2. The van der Waals surface area contributed by atoms with E-state index >= 15 is 0 Å². The molecule has 8 nitrogen and oxygen atoms in total. The van der Waals surface area contributed by atoms with Crippen LogP contribution >= 0.6 is 0 Å². The SMILES string of the molecule is COC(=O)[C@H](Cc1ccc(OC)cc1)NC(=O)[C@@H]1C[NH2+]CCN1C(=O)C1CCCCC1. The second-order valence-corrected chi connectivity index (χ2v) is 8.33. The summed E-state index contributed by atoms with van der Waals surface area (Å²) in [7, 11) is 2.90. The molecule has 8 heteroatoms. The number of methoxy groups -OCH3 is 2. The molecule has 3 N–H and O–H groups in total. The fourth-order valence-corrected chi connectivity index (χ4v) is 4.49. The zero-order valence-electron chi connectivity index (χ0n) is 18.5. The number of ether oxygens (including phenoxy) is 2. The van der Waals surface area contributed by atoms with E-state index in [0.29, 0.717) is 19.5 Å². The first kappa shape index (κ1) is 23.1. The molecule has 0 aromatic heterocycles. The highest BCUT2D eigenvalue weighted by Crippen LogP contribution is 2.26. The number of esters is 1. The molecule has 3 rings (SSSR count). The average Bonchev–Trinajstić information content (AvgIpc) is 2.83. The minimum absolute atomic E-state index is 0.0119. The van der Waals surface area contributed by atoms with Crippen LogP contribution in [0.2, 0.25) is 0 Å². The first-order valence-electron chi connectivity index (χ1n) is 11.2. The largest absolute Gasteiger partial charge is 0.497 e. The van der Waals surface area contributed by atoms with Crippen LogP contribution in [-0.2, 0) is 25.5 Å². The molecule has 1 aromatic carbocycles. The predicted molar refractivity (Wildman–Crippen MR) is 114 cm³/mol. The van der Waals surface area contributed by atoms with E-state index in [0.717, 1.165) is 43.5 Å². The molecule has 2 atom stereocenters. The van der Waals surface area contributed by atoms with Gasteiger partial charge in [-0.3, -0.25) is 9.59 Å². The molecule has 1 aliphatic carbocycles. The number of carbonyl (C=O) groups is 3. The Balaban J connectivity index is 1.69. The minimum Gasteiger partial charge on any atom is -0.497 e. The number of piperazine rings is 1. The van der Waals surface area contributed by atoms with E-state index in [2.05, 4.69) is 5.32 Å². The van der Waals surface area contributed by atoms with Crippen LogP contribution in [0.25, 0.3) is 0 Å². The van der Waals surface area contributed by atoms with Crippen LogP contribution in [0.3, 0.4) is 0 Å². The molecule has 0 spiro atoms. The number of quaternary nitrogens is 1. The van der Waals surface area contributed by atoms with Gasteiger partial charge in [-0.1, -0.05) is 31.4 Å². The Kier molecular flexibility index (Phi) is 8.28. The van der Waals surface area contributed by atoms with E-state index in [9.17, 15) is 14.4 Å². The summed E-state index contributed by atoms with van der Waals surface area (Å²) in [6.45, 7) is 1.84. The summed E-state index contributed by atoms with van der Waals surface area (Å²) in [6, 6.07) is 5.94. The van der Waals surface area contributed by atoms with Crippen LogP contribution in [0.5, 0.6) is 5.75 Å². The zero-order chi connectivity index (χ0) is 22.2. The van der Waals surface area contributed by atoms with Gasteiger partial charge in [-0.2, -0.15) is 0 Å². The molecule has 0 unspecified atom stereocenters. The maximum Gasteiger partial charge on any atom is 0.328 e. The number of nitrogens with zero attached hydrogens (tertiary/aromatic N) is 1. The summed E-state index contributed by atoms with van der Waals surface area (Å²) in [5, 5.41) is 4.89. The van der Waals surface area contributed by atoms with E-state index in [4.69, 9.17) is 9.47 Å². The lowest BCUT2D eigenvalue weighted by molar-refractivity contribution is -0.665. The topological polar surface area (TPSA) is 102 Å². The minimum atomic E-state index is -0.820. The molecule has 1 saturated carbocycles. The Hall–Kier alpha value is -2.61. The third kappa shape index (κ3) is 5.97. The lowest BCUT2D eigenvalue weighted by atomic mass is 9.87. The number of nitrogens with two attached hydrogens (primary N) is 1. The molecule has 1 saturated heterocycles. The number of carbonyl (C=O) groups excluding carboxylic acids is 3. The first-order valence-corrected chi connectivity index (χ1v) is 11.2. The summed E-state index contributed by atoms with van der Waals surface area (Å²) in [4.78, 5) is 40.4. The van der Waals surface area contributed by atoms with Gasteiger partial charge in [-0.25, -0.2) is 4.79 Å². The van der Waals surface area contributed by atoms with E-state index in [1.165, 1.54) is 13.5 Å². The van der Waals surface area contributed by atoms with Crippen molar-refractivity contribution in [1.29, 1.82) is 0 Å². The Morgan fingerprint density at radius 2 is 1.84 bits per heavy atom. The average molecular weight is 433 g/mol. The van der Waals surface area contributed by atoms with E-state index in [-0.39, 0.29) is 17.7 Å². The second-order valence-electron chi connectivity index (χ2n) is 8.33. The van der Waals surface area contributed by atoms with Gasteiger partial charge in [0.25, 0.3) is 0 Å². The summed E-state index contributed by atoms with van der Waals surface area (Å²) >= 11 is 0. The van der Waals surface area contributed by atoms with Gasteiger partial charge in [-0.15, -0.1) is 0 Å². The van der Waals surface area contributed by atoms with E-state index in [1.54, 1.807) is 12.0 Å². The summed E-state index contributed by atoms with van der Waals surface area (Å²) in [5.74, 6) is 0.00530. The van der Waals surface area contributed by atoms with Crippen LogP contribution in [0.1, 0.15) is 37.7 Å². The van der Waals surface area contributed by atoms with Crippen molar-refractivity contribution in [3.05, 3.63) is 29.8 Å². The van der Waals surface area contributed by atoms with Gasteiger partial charge in [0.2, 0.25) is 11.8 Å². The number of nitrogens with one attached hydrogen (secondary N) is 1. The third-order valence-corrected chi connectivity index (χ3v) is 6.28. The highest BCUT2D eigenvalue weighted by Gasteiger charge is 2.38. The molecule has 31 heavy (non-hydrogen) atoms. The summed E-state index contributed by atoms with van der Waals surface area (Å²) in [5.41, 5.74) is 0.877. The Bertz CT molecular complexity index is 761. The number of rotatable bonds is 7. The van der Waals surface area contributed by atoms with Crippen LogP contribution in [-0.4, -0.2) is 68.6 Å². The molecular weight excluding hydrogens is 398 g/mol. The number of benzene rings is 1. The van der Waals surface area contributed by atoms with Crippen LogP contribution in [0.15, 0.2) is 24.3 Å². The van der Waals surface area contributed by atoms with Crippen molar-refractivity contribution in [2.75, 3.05) is 33.9 Å². The van der Waals surface area contributed by atoms with E-state index in [1.807, 2.05) is 29.6 Å². The maximum absolute atomic E-state index is 13.2. The van der Waals surface area contributed by atoms with Crippen molar-refractivity contribution in [2.24, 2.45) is 5.92 Å². The van der Waals surface area contributed by atoms with E-state index < -0.39 is 18.1 Å². The number of hydrogen-bond donors (Lipinski definition) is 2. The molecule has 1 heterocycles. The van der Waals surface area contributed by atoms with Crippen LogP contribution in [0, 0.1) is 5.92 Å². The van der Waals surface area contributed by atoms with Crippen LogP contribution in [0.4, 0.5) is 0 Å². The summed E-state index contributed by atoms with van der Waals surface area (Å²) < 4.78 is 10.1. The Morgan fingerprint density at radius 1 is 1.13 bits per heavy atom. The van der Waals surface area contributed by atoms with Gasteiger partial charge >= 0.3 is 5.97 Å². The quantitative estimate of drug-likeness (QED) is 0.602. The molecule has 2 fully saturated rings. The van der Waals surface area contributed by atoms with Gasteiger partial charge in [0.15, 0.2) is 6.04 Å². The lowest BCUT2D eigenvalue weighted by Gasteiger charge is -2.36. The molecule has 2 amide bonds. The maximum atomic E-state index is 13.2. The number of hydrogen-bond acceptors (Lipinski definition) is 5. The molecular formula is C23H34N3O5+. The normalized spacial score (nSPS) is 20.6. The fourth-order valence-electron chi connectivity index (χ4n) is 4.49. The van der Waals surface area contributed by atoms with Gasteiger partial charge in [0, 0.05) is 12.3 Å². The second kappa shape index (κ2) is 11.1. The Morgan fingerprint density at radius 3 is 2.48 bits per heavy atom. The summed E-state index contributed by atoms with van der Waals surface area (Å²) in [6.07, 6.45) is 5.41. The highest BCUT2D eigenvalue weighted by molar-refractivity contribution is 5.91. The predicted octanol–water partition coefficient (Wildman–Crippen LogP) is 0.250. The van der Waals surface area contributed by atoms with Crippen molar-refractivity contribution >= 4 is 17.8 Å². The van der Waals surface area contributed by atoms with Crippen molar-refractivity contribution in [1.82, 2.24) is 10.2 Å². The molecule has 170 valence electrons.